The molecule has 0 saturated heterocycles. The number of hydrogen-bond donors (Lipinski definition) is 0. The van der Waals surface area contributed by atoms with Gasteiger partial charge in [0.2, 0.25) is 0 Å². The van der Waals surface area contributed by atoms with E-state index in [0.717, 1.165) is 116 Å². The van der Waals surface area contributed by atoms with Gasteiger partial charge in [0.05, 0.1) is 0 Å². The minimum atomic E-state index is -0.780. The molecule has 1 atom stereocenters. The highest BCUT2D eigenvalue weighted by atomic mass is 16.6. The van der Waals surface area contributed by atoms with E-state index in [1.807, 2.05) is 0 Å². The Morgan fingerprint density at radius 3 is 0.865 bits per heavy atom. The Labute approximate surface area is 458 Å². The third-order valence-electron chi connectivity index (χ3n) is 13.6. The van der Waals surface area contributed by atoms with Crippen LogP contribution in [0, 0.1) is 0 Å². The summed E-state index contributed by atoms with van der Waals surface area (Å²) in [4.78, 5) is 38.2. The molecular formula is C68H118O6. The van der Waals surface area contributed by atoms with Crippen molar-refractivity contribution in [1.82, 2.24) is 0 Å². The molecule has 0 spiro atoms. The van der Waals surface area contributed by atoms with Crippen LogP contribution in [0.15, 0.2) is 85.1 Å². The molecule has 1 unspecified atom stereocenters. The molecule has 74 heavy (non-hydrogen) atoms. The molecule has 0 N–H and O–H groups in total. The van der Waals surface area contributed by atoms with Crippen LogP contribution in [0.3, 0.4) is 0 Å². The van der Waals surface area contributed by atoms with Gasteiger partial charge in [-0.1, -0.05) is 286 Å². The van der Waals surface area contributed by atoms with Gasteiger partial charge in [0, 0.05) is 19.3 Å². The van der Waals surface area contributed by atoms with Gasteiger partial charge in [0.1, 0.15) is 13.2 Å². The van der Waals surface area contributed by atoms with Crippen LogP contribution in [-0.2, 0) is 28.6 Å². The fraction of sp³-hybridized carbons (Fsp3) is 0.750. The molecule has 6 heteroatoms. The van der Waals surface area contributed by atoms with E-state index in [9.17, 15) is 14.4 Å². The Morgan fingerprint density at radius 1 is 0.284 bits per heavy atom. The topological polar surface area (TPSA) is 78.9 Å². The second kappa shape index (κ2) is 62.1. The summed E-state index contributed by atoms with van der Waals surface area (Å²) in [5.41, 5.74) is 0. The van der Waals surface area contributed by atoms with Crippen molar-refractivity contribution in [3.63, 3.8) is 0 Å². The summed E-state index contributed by atoms with van der Waals surface area (Å²) in [7, 11) is 0. The van der Waals surface area contributed by atoms with Gasteiger partial charge in [-0.15, -0.1) is 0 Å². The molecule has 0 rings (SSSR count). The quantitative estimate of drug-likeness (QED) is 0.0261. The largest absolute Gasteiger partial charge is 0.462 e. The minimum Gasteiger partial charge on any atom is -0.462 e. The number of rotatable bonds is 57. The average Bonchev–Trinajstić information content (AvgIpc) is 3.40. The molecule has 6 nitrogen and oxygen atoms in total. The number of hydrogen-bond acceptors (Lipinski definition) is 6. The molecule has 0 aliphatic heterocycles. The number of ether oxygens (including phenoxy) is 3. The predicted molar refractivity (Wildman–Crippen MR) is 321 cm³/mol. The van der Waals surface area contributed by atoms with Crippen LogP contribution < -0.4 is 0 Å². The molecule has 0 bridgehead atoms. The number of carbonyl (C=O) groups is 3. The van der Waals surface area contributed by atoms with Crippen molar-refractivity contribution in [3.05, 3.63) is 85.1 Å². The number of unbranched alkanes of at least 4 members (excludes halogenated alkanes) is 32. The normalized spacial score (nSPS) is 12.6. The van der Waals surface area contributed by atoms with Crippen LogP contribution in [0.2, 0.25) is 0 Å². The van der Waals surface area contributed by atoms with Crippen molar-refractivity contribution in [2.24, 2.45) is 0 Å². The van der Waals surface area contributed by atoms with Gasteiger partial charge in [-0.2, -0.15) is 0 Å². The zero-order valence-electron chi connectivity index (χ0n) is 48.8. The lowest BCUT2D eigenvalue weighted by Gasteiger charge is -2.18. The fourth-order valence-electron chi connectivity index (χ4n) is 8.90. The number of carbonyl (C=O) groups excluding carboxylic acids is 3. The summed E-state index contributed by atoms with van der Waals surface area (Å²) in [5.74, 6) is -0.882. The summed E-state index contributed by atoms with van der Waals surface area (Å²) in [5, 5.41) is 0. The number of allylic oxidation sites excluding steroid dienone is 14. The monoisotopic (exact) mass is 1030 g/mol. The van der Waals surface area contributed by atoms with E-state index in [1.54, 1.807) is 0 Å². The molecule has 426 valence electrons. The van der Waals surface area contributed by atoms with Gasteiger partial charge in [-0.05, 0) is 89.9 Å². The number of esters is 3. The van der Waals surface area contributed by atoms with Gasteiger partial charge in [0.25, 0.3) is 0 Å². The summed E-state index contributed by atoms with van der Waals surface area (Å²) < 4.78 is 16.9. The Balaban J connectivity index is 4.15. The van der Waals surface area contributed by atoms with Crippen molar-refractivity contribution in [1.29, 1.82) is 0 Å². The zero-order valence-corrected chi connectivity index (χ0v) is 48.8. The van der Waals surface area contributed by atoms with Gasteiger partial charge >= 0.3 is 17.9 Å². The average molecular weight is 1030 g/mol. The third-order valence-corrected chi connectivity index (χ3v) is 13.6. The Kier molecular flexibility index (Phi) is 59.3. The second-order valence-electron chi connectivity index (χ2n) is 20.9. The van der Waals surface area contributed by atoms with Gasteiger partial charge in [-0.25, -0.2) is 0 Å². The Hall–Kier alpha value is -3.41. The van der Waals surface area contributed by atoms with Crippen molar-refractivity contribution in [2.75, 3.05) is 13.2 Å². The van der Waals surface area contributed by atoms with Crippen LogP contribution in [0.1, 0.15) is 310 Å². The van der Waals surface area contributed by atoms with E-state index in [2.05, 4.69) is 106 Å². The first-order valence-electron chi connectivity index (χ1n) is 31.6. The molecule has 0 saturated carbocycles. The maximum absolute atomic E-state index is 12.8. The van der Waals surface area contributed by atoms with Crippen molar-refractivity contribution in [3.8, 4) is 0 Å². The summed E-state index contributed by atoms with van der Waals surface area (Å²) in [6.45, 7) is 6.49. The fourth-order valence-corrected chi connectivity index (χ4v) is 8.90. The van der Waals surface area contributed by atoms with E-state index < -0.39 is 6.10 Å². The van der Waals surface area contributed by atoms with E-state index >= 15 is 0 Å². The molecule has 0 aromatic carbocycles. The molecule has 0 aromatic rings. The standard InChI is InChI=1S/C68H118O6/c1-4-7-10-13-16-19-22-24-26-27-28-29-30-31-32-33-34-35-36-37-38-39-40-41-42-44-46-49-52-55-58-61-67(70)73-64-65(63-72-66(69)60-57-54-51-48-45-21-18-15-12-9-6-3)74-68(71)62-59-56-53-50-47-43-25-23-20-17-14-11-8-5-2/h7,10,14,16-17,19,23-26,28-29,31-32,65H,4-6,8-9,11-13,15,18,20-22,27,30,33-64H2,1-3H3/b10-7-,17-14-,19-16-,25-23-,26-24-,29-28-,32-31-. The second-order valence-corrected chi connectivity index (χ2v) is 20.9. The van der Waals surface area contributed by atoms with E-state index in [-0.39, 0.29) is 31.1 Å². The molecule has 0 amide bonds. The first-order chi connectivity index (χ1) is 36.5. The first kappa shape index (κ1) is 70.6. The van der Waals surface area contributed by atoms with Crippen molar-refractivity contribution < 1.29 is 28.6 Å². The molecule has 0 aromatic heterocycles. The summed E-state index contributed by atoms with van der Waals surface area (Å²) in [6.07, 6.45) is 81.7. The van der Waals surface area contributed by atoms with Gasteiger partial charge in [-0.3, -0.25) is 14.4 Å². The molecule has 0 heterocycles. The smallest absolute Gasteiger partial charge is 0.306 e. The lowest BCUT2D eigenvalue weighted by molar-refractivity contribution is -0.167. The Bertz CT molecular complexity index is 1420. The third kappa shape index (κ3) is 59.5. The van der Waals surface area contributed by atoms with E-state index in [1.165, 1.54) is 154 Å². The molecule has 0 aliphatic carbocycles. The van der Waals surface area contributed by atoms with E-state index in [0.29, 0.717) is 19.3 Å². The predicted octanol–water partition coefficient (Wildman–Crippen LogP) is 21.5. The first-order valence-corrected chi connectivity index (χ1v) is 31.6. The van der Waals surface area contributed by atoms with Crippen LogP contribution in [-0.4, -0.2) is 37.2 Å². The van der Waals surface area contributed by atoms with Crippen molar-refractivity contribution >= 4 is 17.9 Å². The zero-order chi connectivity index (χ0) is 53.6. The molecule has 0 fully saturated rings. The molecule has 0 radical (unpaired) electrons. The van der Waals surface area contributed by atoms with Crippen LogP contribution in [0.5, 0.6) is 0 Å². The Morgan fingerprint density at radius 2 is 0.541 bits per heavy atom. The van der Waals surface area contributed by atoms with Gasteiger partial charge < -0.3 is 14.2 Å². The highest BCUT2D eigenvalue weighted by molar-refractivity contribution is 5.71. The van der Waals surface area contributed by atoms with Crippen LogP contribution in [0.4, 0.5) is 0 Å². The molecular weight excluding hydrogens is 913 g/mol. The SMILES string of the molecule is CC/C=C\C/C=C\C/C=C\C/C=C\C/C=C\CCCCCCCCCCCCCCCCCC(=O)OCC(COC(=O)CCCCCCCCCCCCC)OC(=O)CCCCCCC/C=C\C/C=C\CCCC. The maximum Gasteiger partial charge on any atom is 0.306 e. The van der Waals surface area contributed by atoms with Gasteiger partial charge in [0.15, 0.2) is 6.10 Å². The van der Waals surface area contributed by atoms with Crippen molar-refractivity contribution in [2.45, 2.75) is 316 Å². The summed E-state index contributed by atoms with van der Waals surface area (Å²) in [6, 6.07) is 0. The lowest BCUT2D eigenvalue weighted by Crippen LogP contribution is -2.30. The van der Waals surface area contributed by atoms with E-state index in [4.69, 9.17) is 14.2 Å². The maximum atomic E-state index is 12.8. The lowest BCUT2D eigenvalue weighted by atomic mass is 10.0. The summed E-state index contributed by atoms with van der Waals surface area (Å²) >= 11 is 0. The highest BCUT2D eigenvalue weighted by Crippen LogP contribution is 2.17. The highest BCUT2D eigenvalue weighted by Gasteiger charge is 2.19. The minimum absolute atomic E-state index is 0.0780. The van der Waals surface area contributed by atoms with Crippen LogP contribution in [0.25, 0.3) is 0 Å². The molecule has 0 aliphatic rings. The van der Waals surface area contributed by atoms with Crippen LogP contribution >= 0.6 is 0 Å².